The van der Waals surface area contributed by atoms with Gasteiger partial charge in [0, 0.05) is 44.1 Å². The number of hydrogen-bond donors (Lipinski definition) is 1. The number of nitrogens with zero attached hydrogens (tertiary/aromatic N) is 5. The molecule has 122 valence electrons. The van der Waals surface area contributed by atoms with Gasteiger partial charge in [-0.3, -0.25) is 14.5 Å². The summed E-state index contributed by atoms with van der Waals surface area (Å²) in [5, 5.41) is 13.1. The minimum Gasteiger partial charge on any atom is -0.394 e. The second-order valence-electron chi connectivity index (χ2n) is 5.74. The summed E-state index contributed by atoms with van der Waals surface area (Å²) >= 11 is 0. The number of carbonyl (C=O) groups is 1. The summed E-state index contributed by atoms with van der Waals surface area (Å²) in [6.45, 7) is 3.83. The molecule has 1 saturated heterocycles. The van der Waals surface area contributed by atoms with Crippen LogP contribution in [0.15, 0.2) is 30.7 Å². The zero-order chi connectivity index (χ0) is 16.2. The van der Waals surface area contributed by atoms with Crippen molar-refractivity contribution in [2.45, 2.75) is 6.54 Å². The Morgan fingerprint density at radius 2 is 2.00 bits per heavy atom. The van der Waals surface area contributed by atoms with Crippen molar-refractivity contribution in [3.05, 3.63) is 36.3 Å². The van der Waals surface area contributed by atoms with Gasteiger partial charge in [-0.15, -0.1) is 0 Å². The van der Waals surface area contributed by atoms with Gasteiger partial charge in [0.05, 0.1) is 30.6 Å². The number of piperazine rings is 1. The minimum absolute atomic E-state index is 0.0353. The van der Waals surface area contributed by atoms with E-state index in [0.717, 1.165) is 37.4 Å². The van der Waals surface area contributed by atoms with Gasteiger partial charge in [-0.2, -0.15) is 5.10 Å². The Kier molecular flexibility index (Phi) is 4.68. The molecule has 1 amide bonds. The van der Waals surface area contributed by atoms with Crippen molar-refractivity contribution in [3.8, 4) is 11.3 Å². The molecule has 1 fully saturated rings. The minimum atomic E-state index is 0.0353. The second kappa shape index (κ2) is 6.89. The predicted molar refractivity (Wildman–Crippen MR) is 85.9 cm³/mol. The summed E-state index contributed by atoms with van der Waals surface area (Å²) in [6.07, 6.45) is 5.17. The van der Waals surface area contributed by atoms with E-state index in [-0.39, 0.29) is 12.5 Å². The fourth-order valence-electron chi connectivity index (χ4n) is 2.60. The summed E-state index contributed by atoms with van der Waals surface area (Å²) in [6, 6.07) is 3.65. The van der Waals surface area contributed by atoms with Crippen LogP contribution in [-0.2, 0) is 6.54 Å². The molecule has 7 nitrogen and oxygen atoms in total. The number of aliphatic hydroxyl groups is 1. The molecule has 0 aliphatic carbocycles. The highest BCUT2D eigenvalue weighted by Gasteiger charge is 2.20. The molecule has 0 radical (unpaired) electrons. The Morgan fingerprint density at radius 1 is 1.22 bits per heavy atom. The molecular formula is C16H21N5O2. The van der Waals surface area contributed by atoms with Crippen LogP contribution in [0.3, 0.4) is 0 Å². The van der Waals surface area contributed by atoms with Crippen molar-refractivity contribution < 1.29 is 9.90 Å². The van der Waals surface area contributed by atoms with E-state index in [1.165, 1.54) is 0 Å². The van der Waals surface area contributed by atoms with E-state index in [9.17, 15) is 4.79 Å². The number of amides is 1. The predicted octanol–water partition coefficient (Wildman–Crippen LogP) is 0.325. The molecule has 2 aromatic rings. The fraction of sp³-hybridized carbons (Fsp3) is 0.438. The van der Waals surface area contributed by atoms with Crippen molar-refractivity contribution >= 4 is 5.91 Å². The molecule has 0 bridgehead atoms. The average Bonchev–Trinajstić information content (AvgIpc) is 3.04. The third-order valence-corrected chi connectivity index (χ3v) is 4.06. The SMILES string of the molecule is CN1CCN(C(=O)c2ccc(-c3cnn(CCO)c3)nc2)CC1. The molecular weight excluding hydrogens is 294 g/mol. The molecule has 0 saturated carbocycles. The van der Waals surface area contributed by atoms with Crippen LogP contribution < -0.4 is 0 Å². The van der Waals surface area contributed by atoms with Crippen LogP contribution in [0, 0.1) is 0 Å². The summed E-state index contributed by atoms with van der Waals surface area (Å²) in [7, 11) is 2.06. The first-order chi connectivity index (χ1) is 11.2. The lowest BCUT2D eigenvalue weighted by atomic mass is 10.1. The lowest BCUT2D eigenvalue weighted by Crippen LogP contribution is -2.47. The molecule has 1 aliphatic rings. The van der Waals surface area contributed by atoms with E-state index >= 15 is 0 Å². The monoisotopic (exact) mass is 315 g/mol. The van der Waals surface area contributed by atoms with Crippen molar-refractivity contribution in [1.82, 2.24) is 24.6 Å². The standard InChI is InChI=1S/C16H21N5O2/c1-19-4-6-20(7-5-19)16(23)13-2-3-15(17-10-13)14-11-18-21(12-14)8-9-22/h2-3,10-12,22H,4-9H2,1H3. The molecule has 3 rings (SSSR count). The highest BCUT2D eigenvalue weighted by atomic mass is 16.3. The van der Waals surface area contributed by atoms with Crippen LogP contribution in [0.1, 0.15) is 10.4 Å². The summed E-state index contributed by atoms with van der Waals surface area (Å²) in [5.74, 6) is 0.0353. The lowest BCUT2D eigenvalue weighted by Gasteiger charge is -2.32. The van der Waals surface area contributed by atoms with Crippen molar-refractivity contribution in [3.63, 3.8) is 0 Å². The topological polar surface area (TPSA) is 74.5 Å². The molecule has 0 unspecified atom stereocenters. The molecule has 2 aromatic heterocycles. The van der Waals surface area contributed by atoms with Crippen LogP contribution in [0.2, 0.25) is 0 Å². The Balaban J connectivity index is 1.69. The summed E-state index contributed by atoms with van der Waals surface area (Å²) < 4.78 is 1.67. The van der Waals surface area contributed by atoms with Gasteiger partial charge < -0.3 is 14.9 Å². The van der Waals surface area contributed by atoms with Crippen LogP contribution in [0.5, 0.6) is 0 Å². The van der Waals surface area contributed by atoms with Gasteiger partial charge in [0.1, 0.15) is 0 Å². The summed E-state index contributed by atoms with van der Waals surface area (Å²) in [4.78, 5) is 20.9. The first-order valence-electron chi connectivity index (χ1n) is 7.75. The van der Waals surface area contributed by atoms with Crippen molar-refractivity contribution in [2.24, 2.45) is 0 Å². The number of hydrogen-bond acceptors (Lipinski definition) is 5. The maximum Gasteiger partial charge on any atom is 0.255 e. The van der Waals surface area contributed by atoms with E-state index in [2.05, 4.69) is 22.0 Å². The molecule has 0 aromatic carbocycles. The Morgan fingerprint density at radius 3 is 2.65 bits per heavy atom. The maximum absolute atomic E-state index is 12.5. The van der Waals surface area contributed by atoms with E-state index in [1.54, 1.807) is 17.1 Å². The zero-order valence-electron chi connectivity index (χ0n) is 13.2. The van der Waals surface area contributed by atoms with Gasteiger partial charge in [-0.05, 0) is 19.2 Å². The number of likely N-dealkylation sites (N-methyl/N-ethyl adjacent to an activating group) is 1. The van der Waals surface area contributed by atoms with E-state index in [0.29, 0.717) is 12.1 Å². The molecule has 1 N–H and O–H groups in total. The van der Waals surface area contributed by atoms with Gasteiger partial charge in [-0.1, -0.05) is 0 Å². The number of carbonyl (C=O) groups excluding carboxylic acids is 1. The van der Waals surface area contributed by atoms with E-state index in [4.69, 9.17) is 5.11 Å². The van der Waals surface area contributed by atoms with Gasteiger partial charge in [-0.25, -0.2) is 0 Å². The first kappa shape index (κ1) is 15.6. The van der Waals surface area contributed by atoms with Crippen LogP contribution in [0.25, 0.3) is 11.3 Å². The Labute approximate surface area is 135 Å². The number of rotatable bonds is 4. The van der Waals surface area contributed by atoms with Gasteiger partial charge >= 0.3 is 0 Å². The highest BCUT2D eigenvalue weighted by Crippen LogP contribution is 2.17. The number of aliphatic hydroxyl groups excluding tert-OH is 1. The Hall–Kier alpha value is -2.25. The molecule has 7 heteroatoms. The largest absolute Gasteiger partial charge is 0.394 e. The number of pyridine rings is 1. The van der Waals surface area contributed by atoms with Crippen LogP contribution >= 0.6 is 0 Å². The smallest absolute Gasteiger partial charge is 0.255 e. The quantitative estimate of drug-likeness (QED) is 0.880. The molecule has 0 spiro atoms. The Bertz CT molecular complexity index is 659. The molecule has 23 heavy (non-hydrogen) atoms. The molecule has 1 aliphatic heterocycles. The lowest BCUT2D eigenvalue weighted by molar-refractivity contribution is 0.0663. The van der Waals surface area contributed by atoms with Crippen LogP contribution in [-0.4, -0.2) is 75.4 Å². The third kappa shape index (κ3) is 3.57. The van der Waals surface area contributed by atoms with E-state index < -0.39 is 0 Å². The highest BCUT2D eigenvalue weighted by molar-refractivity contribution is 5.94. The van der Waals surface area contributed by atoms with Crippen molar-refractivity contribution in [1.29, 1.82) is 0 Å². The summed E-state index contributed by atoms with van der Waals surface area (Å²) in [5.41, 5.74) is 2.25. The van der Waals surface area contributed by atoms with Crippen molar-refractivity contribution in [2.75, 3.05) is 39.8 Å². The first-order valence-corrected chi connectivity index (χ1v) is 7.75. The van der Waals surface area contributed by atoms with E-state index in [1.807, 2.05) is 23.2 Å². The fourth-order valence-corrected chi connectivity index (χ4v) is 2.60. The average molecular weight is 315 g/mol. The molecule has 3 heterocycles. The normalized spacial score (nSPS) is 15.8. The van der Waals surface area contributed by atoms with Gasteiger partial charge in [0.15, 0.2) is 0 Å². The maximum atomic E-state index is 12.5. The van der Waals surface area contributed by atoms with Gasteiger partial charge in [0.25, 0.3) is 5.91 Å². The van der Waals surface area contributed by atoms with Crippen LogP contribution in [0.4, 0.5) is 0 Å². The van der Waals surface area contributed by atoms with Gasteiger partial charge in [0.2, 0.25) is 0 Å². The number of aromatic nitrogens is 3. The molecule has 0 atom stereocenters. The second-order valence-corrected chi connectivity index (χ2v) is 5.74. The third-order valence-electron chi connectivity index (χ3n) is 4.06. The zero-order valence-corrected chi connectivity index (χ0v) is 13.2.